The molecular formula is C20H24O4PRb. The van der Waals surface area contributed by atoms with Crippen LogP contribution in [-0.4, -0.2) is 74.1 Å². The molecule has 0 aliphatic heterocycles. The van der Waals surface area contributed by atoms with Gasteiger partial charge in [0, 0.05) is 11.1 Å². The van der Waals surface area contributed by atoms with Crippen LogP contribution in [0.5, 0.6) is 0 Å². The van der Waals surface area contributed by atoms with E-state index in [2.05, 4.69) is 0 Å². The summed E-state index contributed by atoms with van der Waals surface area (Å²) in [6.45, 7) is 8.05. The third-order valence-electron chi connectivity index (χ3n) is 4.20. The van der Waals surface area contributed by atoms with Crippen LogP contribution in [0.1, 0.15) is 71.4 Å². The first kappa shape index (κ1) is 23.8. The van der Waals surface area contributed by atoms with Crippen molar-refractivity contribution in [2.45, 2.75) is 39.5 Å². The Morgan fingerprint density at radius 2 is 1.00 bits per heavy atom. The van der Waals surface area contributed by atoms with Crippen molar-refractivity contribution in [1.29, 1.82) is 0 Å². The summed E-state index contributed by atoms with van der Waals surface area (Å²) in [6.07, 6.45) is 0. The molecule has 2 aromatic rings. The van der Waals surface area contributed by atoms with Gasteiger partial charge < -0.3 is 4.89 Å². The molecule has 0 unspecified atom stereocenters. The average molecular weight is 445 g/mol. The van der Waals surface area contributed by atoms with Gasteiger partial charge in [0.05, 0.1) is 0 Å². The van der Waals surface area contributed by atoms with Gasteiger partial charge in [-0.2, -0.15) is 0 Å². The Morgan fingerprint density at radius 3 is 1.23 bits per heavy atom. The molecule has 0 fully saturated rings. The van der Waals surface area contributed by atoms with Crippen LogP contribution < -0.4 is 0 Å². The van der Waals surface area contributed by atoms with E-state index in [-0.39, 0.29) is 81.2 Å². The Bertz CT molecular complexity index is 756. The molecule has 26 heavy (non-hydrogen) atoms. The fraction of sp³-hybridized carbons (Fsp3) is 0.300. The minimum absolute atomic E-state index is 0. The zero-order chi connectivity index (χ0) is 18.8. The maximum atomic E-state index is 12.5. The Kier molecular flexibility index (Phi) is 8.99. The van der Waals surface area contributed by atoms with Crippen LogP contribution in [0.25, 0.3) is 0 Å². The van der Waals surface area contributed by atoms with Crippen molar-refractivity contribution < 1.29 is 19.0 Å². The molecule has 0 aromatic heterocycles. The third kappa shape index (κ3) is 5.40. The van der Waals surface area contributed by atoms with Gasteiger partial charge in [0.1, 0.15) is 0 Å². The van der Waals surface area contributed by atoms with E-state index in [1.54, 1.807) is 24.3 Å². The van der Waals surface area contributed by atoms with Crippen molar-refractivity contribution in [1.82, 2.24) is 0 Å². The summed E-state index contributed by atoms with van der Waals surface area (Å²) in [5.41, 5.74) is 0.117. The van der Waals surface area contributed by atoms with Gasteiger partial charge in [-0.15, -0.1) is 0 Å². The molecule has 0 spiro atoms. The molecular weight excluding hydrogens is 421 g/mol. The van der Waals surface area contributed by atoms with E-state index in [0.29, 0.717) is 0 Å². The summed E-state index contributed by atoms with van der Waals surface area (Å²) < 4.78 is 12.5. The van der Waals surface area contributed by atoms with Crippen LogP contribution in [0.2, 0.25) is 0 Å². The predicted molar refractivity (Wildman–Crippen MR) is 107 cm³/mol. The molecule has 4 nitrogen and oxygen atoms in total. The van der Waals surface area contributed by atoms with E-state index in [9.17, 15) is 19.0 Å². The molecule has 0 radical (unpaired) electrons. The average Bonchev–Trinajstić information content (AvgIpc) is 2.60. The van der Waals surface area contributed by atoms with Crippen LogP contribution in [0.3, 0.4) is 0 Å². The minimum atomic E-state index is -4.67. The van der Waals surface area contributed by atoms with Crippen molar-refractivity contribution in [3.05, 3.63) is 70.8 Å². The summed E-state index contributed by atoms with van der Waals surface area (Å²) in [4.78, 5) is 35.0. The number of carbonyl (C=O) groups is 2. The number of hydrogen-bond acceptors (Lipinski definition) is 3. The maximum absolute atomic E-state index is 12.5. The Balaban J connectivity index is 0.00000338. The molecule has 2 aromatic carbocycles. The molecule has 0 amide bonds. The number of benzene rings is 2. The van der Waals surface area contributed by atoms with Crippen LogP contribution in [0.15, 0.2) is 48.5 Å². The number of carbonyl (C=O) groups excluding carboxylic acids is 2. The van der Waals surface area contributed by atoms with E-state index in [4.69, 9.17) is 0 Å². The molecule has 0 saturated carbocycles. The Morgan fingerprint density at radius 1 is 0.731 bits per heavy atom. The van der Waals surface area contributed by atoms with Crippen LogP contribution in [-0.2, 0) is 4.57 Å². The monoisotopic (exact) mass is 444 g/mol. The van der Waals surface area contributed by atoms with Gasteiger partial charge in [-0.25, -0.2) is 0 Å². The van der Waals surface area contributed by atoms with E-state index in [1.807, 2.05) is 27.7 Å². The molecule has 0 atom stereocenters. The normalized spacial score (nSPS) is 11.3. The number of rotatable bonds is 6. The van der Waals surface area contributed by atoms with E-state index < -0.39 is 18.4 Å². The summed E-state index contributed by atoms with van der Waals surface area (Å²) >= 11 is 0. The van der Waals surface area contributed by atoms with Crippen molar-refractivity contribution in [3.8, 4) is 0 Å². The van der Waals surface area contributed by atoms with E-state index in [1.165, 1.54) is 24.3 Å². The van der Waals surface area contributed by atoms with Crippen LogP contribution >= 0.6 is 7.37 Å². The van der Waals surface area contributed by atoms with Gasteiger partial charge in [0.15, 0.2) is 0 Å². The van der Waals surface area contributed by atoms with Crippen molar-refractivity contribution in [2.75, 3.05) is 0 Å². The molecule has 1 N–H and O–H groups in total. The van der Waals surface area contributed by atoms with E-state index in [0.717, 1.165) is 11.1 Å². The van der Waals surface area contributed by atoms with Crippen LogP contribution in [0.4, 0.5) is 0 Å². The standard InChI is InChI=1S/C20H23O4P.Rb.H/c1-13(2)15-5-9-17(10-6-15)19(21)25(23,24)20(22)18-11-7-16(8-12-18)14(3)4;;/h5-14H,1-4H3,(H,23,24);;. The quantitative estimate of drug-likeness (QED) is 0.664. The zero-order valence-electron chi connectivity index (χ0n) is 14.9. The SMILES string of the molecule is CC(C)c1ccc(C(=O)P(=O)(O)C(=O)c2ccc(C(C)C)cc2)cc1.[RbH]. The first-order valence-electron chi connectivity index (χ1n) is 8.27. The molecule has 6 heteroatoms. The molecule has 0 bridgehead atoms. The van der Waals surface area contributed by atoms with Gasteiger partial charge in [-0.1, -0.05) is 76.2 Å². The van der Waals surface area contributed by atoms with Crippen LogP contribution in [0, 0.1) is 0 Å². The predicted octanol–water partition coefficient (Wildman–Crippen LogP) is 4.54. The van der Waals surface area contributed by atoms with Crippen molar-refractivity contribution in [3.63, 3.8) is 0 Å². The van der Waals surface area contributed by atoms with Gasteiger partial charge in [0.2, 0.25) is 0 Å². The van der Waals surface area contributed by atoms with Gasteiger partial charge >= 0.3 is 65.6 Å². The van der Waals surface area contributed by atoms with Gasteiger partial charge in [-0.3, -0.25) is 14.2 Å². The van der Waals surface area contributed by atoms with Gasteiger partial charge in [0.25, 0.3) is 11.0 Å². The second-order valence-corrected chi connectivity index (χ2v) is 8.70. The Labute approximate surface area is 203 Å². The third-order valence-corrected chi connectivity index (χ3v) is 5.82. The molecule has 0 saturated heterocycles. The zero-order valence-corrected chi connectivity index (χ0v) is 15.8. The first-order chi connectivity index (χ1) is 11.6. The van der Waals surface area contributed by atoms with Crippen molar-refractivity contribution >= 4 is 76.6 Å². The summed E-state index contributed by atoms with van der Waals surface area (Å²) in [6, 6.07) is 12.9. The molecule has 134 valence electrons. The summed E-state index contributed by atoms with van der Waals surface area (Å²) in [7, 11) is -4.67. The molecule has 0 aliphatic carbocycles. The fourth-order valence-electron chi connectivity index (χ4n) is 2.46. The summed E-state index contributed by atoms with van der Waals surface area (Å²) in [5, 5.41) is 0. The molecule has 2 rings (SSSR count). The van der Waals surface area contributed by atoms with E-state index >= 15 is 0 Å². The van der Waals surface area contributed by atoms with Gasteiger partial charge in [-0.05, 0) is 23.0 Å². The first-order valence-corrected chi connectivity index (χ1v) is 9.93. The topological polar surface area (TPSA) is 71.4 Å². The second kappa shape index (κ2) is 9.81. The Hall–Kier alpha value is -0.225. The fourth-order valence-corrected chi connectivity index (χ4v) is 3.65. The molecule has 0 heterocycles. The van der Waals surface area contributed by atoms with Crippen molar-refractivity contribution in [2.24, 2.45) is 0 Å². The summed E-state index contributed by atoms with van der Waals surface area (Å²) in [5.74, 6) is 0.567. The molecule has 0 aliphatic rings. The second-order valence-electron chi connectivity index (χ2n) is 6.74. The number of hydrogen-bond donors (Lipinski definition) is 1.